The molecule has 1 aliphatic heterocycles. The Morgan fingerprint density at radius 3 is 2.47 bits per heavy atom. The SMILES string of the molecule is N#CC1(Cc2ccc(OC(F)(F)F)cc2)CCOC1. The van der Waals surface area contributed by atoms with Crippen LogP contribution in [-0.2, 0) is 11.2 Å². The molecule has 1 aromatic carbocycles. The van der Waals surface area contributed by atoms with Crippen LogP contribution in [0.25, 0.3) is 0 Å². The third kappa shape index (κ3) is 3.61. The Morgan fingerprint density at radius 2 is 2.00 bits per heavy atom. The summed E-state index contributed by atoms with van der Waals surface area (Å²) in [6.45, 7) is 0.910. The van der Waals surface area contributed by atoms with E-state index in [0.717, 1.165) is 5.56 Å². The molecular formula is C13H12F3NO2. The van der Waals surface area contributed by atoms with Crippen molar-refractivity contribution >= 4 is 0 Å². The minimum atomic E-state index is -4.69. The van der Waals surface area contributed by atoms with Crippen LogP contribution in [0.15, 0.2) is 24.3 Å². The number of hydrogen-bond donors (Lipinski definition) is 0. The maximum atomic E-state index is 12.0. The summed E-state index contributed by atoms with van der Waals surface area (Å²) in [6, 6.07) is 7.83. The molecule has 1 aliphatic rings. The normalized spacial score (nSPS) is 23.1. The predicted octanol–water partition coefficient (Wildman–Crippen LogP) is 3.06. The Kier molecular flexibility index (Phi) is 3.67. The highest BCUT2D eigenvalue weighted by atomic mass is 19.4. The lowest BCUT2D eigenvalue weighted by Gasteiger charge is -2.18. The predicted molar refractivity (Wildman–Crippen MR) is 60.3 cm³/mol. The van der Waals surface area contributed by atoms with Crippen LogP contribution in [0.4, 0.5) is 13.2 Å². The topological polar surface area (TPSA) is 42.2 Å². The first-order valence-electron chi connectivity index (χ1n) is 5.76. The van der Waals surface area contributed by atoms with Crippen LogP contribution in [0, 0.1) is 16.7 Å². The maximum absolute atomic E-state index is 12.0. The van der Waals surface area contributed by atoms with Gasteiger partial charge in [0.15, 0.2) is 0 Å². The van der Waals surface area contributed by atoms with Crippen molar-refractivity contribution in [1.29, 1.82) is 5.26 Å². The molecule has 1 unspecified atom stereocenters. The van der Waals surface area contributed by atoms with Gasteiger partial charge in [0.25, 0.3) is 0 Å². The van der Waals surface area contributed by atoms with Gasteiger partial charge in [-0.15, -0.1) is 13.2 Å². The van der Waals surface area contributed by atoms with Crippen LogP contribution in [0.1, 0.15) is 12.0 Å². The summed E-state index contributed by atoms with van der Waals surface area (Å²) in [4.78, 5) is 0. The zero-order chi connectivity index (χ0) is 13.9. The van der Waals surface area contributed by atoms with Crippen LogP contribution in [0.2, 0.25) is 0 Å². The summed E-state index contributed by atoms with van der Waals surface area (Å²) in [7, 11) is 0. The average Bonchev–Trinajstić information content (AvgIpc) is 2.79. The van der Waals surface area contributed by atoms with E-state index >= 15 is 0 Å². The van der Waals surface area contributed by atoms with Gasteiger partial charge in [-0.2, -0.15) is 5.26 Å². The molecule has 0 aromatic heterocycles. The van der Waals surface area contributed by atoms with Gasteiger partial charge in [0.2, 0.25) is 0 Å². The van der Waals surface area contributed by atoms with Gasteiger partial charge in [0, 0.05) is 6.61 Å². The number of hydrogen-bond acceptors (Lipinski definition) is 3. The Morgan fingerprint density at radius 1 is 1.32 bits per heavy atom. The number of rotatable bonds is 3. The summed E-state index contributed by atoms with van der Waals surface area (Å²) in [5.74, 6) is -0.259. The number of benzene rings is 1. The highest BCUT2D eigenvalue weighted by Crippen LogP contribution is 2.32. The van der Waals surface area contributed by atoms with E-state index in [-0.39, 0.29) is 5.75 Å². The molecule has 2 rings (SSSR count). The molecule has 102 valence electrons. The van der Waals surface area contributed by atoms with Gasteiger partial charge in [-0.3, -0.25) is 0 Å². The van der Waals surface area contributed by atoms with Gasteiger partial charge >= 0.3 is 6.36 Å². The summed E-state index contributed by atoms with van der Waals surface area (Å²) < 4.78 is 45.0. The van der Waals surface area contributed by atoms with Crippen molar-refractivity contribution in [2.45, 2.75) is 19.2 Å². The van der Waals surface area contributed by atoms with Crippen LogP contribution in [0.3, 0.4) is 0 Å². The molecule has 0 radical (unpaired) electrons. The summed E-state index contributed by atoms with van der Waals surface area (Å²) >= 11 is 0. The fourth-order valence-electron chi connectivity index (χ4n) is 2.07. The van der Waals surface area contributed by atoms with Gasteiger partial charge < -0.3 is 9.47 Å². The molecule has 6 heteroatoms. The Hall–Kier alpha value is -1.74. The summed E-state index contributed by atoms with van der Waals surface area (Å²) in [5.41, 5.74) is 0.230. The van der Waals surface area contributed by atoms with Gasteiger partial charge in [0.1, 0.15) is 5.75 Å². The lowest BCUT2D eigenvalue weighted by atomic mass is 9.82. The zero-order valence-electron chi connectivity index (χ0n) is 10.0. The van der Waals surface area contributed by atoms with E-state index in [9.17, 15) is 18.4 Å². The van der Waals surface area contributed by atoms with Gasteiger partial charge in [-0.25, -0.2) is 0 Å². The number of nitriles is 1. The quantitative estimate of drug-likeness (QED) is 0.848. The average molecular weight is 271 g/mol. The largest absolute Gasteiger partial charge is 0.573 e. The lowest BCUT2D eigenvalue weighted by molar-refractivity contribution is -0.274. The molecular weight excluding hydrogens is 259 g/mol. The maximum Gasteiger partial charge on any atom is 0.573 e. The fraction of sp³-hybridized carbons (Fsp3) is 0.462. The second-order valence-corrected chi connectivity index (χ2v) is 4.56. The molecule has 3 nitrogen and oxygen atoms in total. The van der Waals surface area contributed by atoms with Crippen molar-refractivity contribution in [2.75, 3.05) is 13.2 Å². The minimum absolute atomic E-state index is 0.259. The smallest absolute Gasteiger partial charge is 0.406 e. The zero-order valence-corrected chi connectivity index (χ0v) is 10.0. The molecule has 0 saturated carbocycles. The third-order valence-corrected chi connectivity index (χ3v) is 3.04. The van der Waals surface area contributed by atoms with E-state index in [1.165, 1.54) is 12.1 Å². The second kappa shape index (κ2) is 5.10. The molecule has 1 heterocycles. The first-order chi connectivity index (χ1) is 8.92. The van der Waals surface area contributed by atoms with E-state index in [4.69, 9.17) is 4.74 Å². The first-order valence-corrected chi connectivity index (χ1v) is 5.76. The molecule has 1 saturated heterocycles. The molecule has 19 heavy (non-hydrogen) atoms. The highest BCUT2D eigenvalue weighted by Gasteiger charge is 2.35. The standard InChI is InChI=1S/C13H12F3NO2/c14-13(15,16)19-11-3-1-10(2-4-11)7-12(8-17)5-6-18-9-12/h1-4H,5-7,9H2. The van der Waals surface area contributed by atoms with Crippen LogP contribution >= 0.6 is 0 Å². The van der Waals surface area contributed by atoms with E-state index in [1.54, 1.807) is 12.1 Å². The Labute approximate surface area is 108 Å². The van der Waals surface area contributed by atoms with E-state index in [2.05, 4.69) is 10.8 Å². The Balaban J connectivity index is 2.05. The molecule has 1 aromatic rings. The molecule has 0 amide bonds. The first kappa shape index (κ1) is 13.7. The monoisotopic (exact) mass is 271 g/mol. The van der Waals surface area contributed by atoms with Crippen molar-refractivity contribution < 1.29 is 22.6 Å². The van der Waals surface area contributed by atoms with Gasteiger partial charge in [-0.1, -0.05) is 12.1 Å². The van der Waals surface area contributed by atoms with Crippen molar-refractivity contribution in [3.05, 3.63) is 29.8 Å². The van der Waals surface area contributed by atoms with Crippen molar-refractivity contribution in [3.8, 4) is 11.8 Å². The number of halogens is 3. The van der Waals surface area contributed by atoms with Crippen molar-refractivity contribution in [3.63, 3.8) is 0 Å². The van der Waals surface area contributed by atoms with E-state index in [1.807, 2.05) is 0 Å². The van der Waals surface area contributed by atoms with Crippen LogP contribution in [0.5, 0.6) is 5.75 Å². The minimum Gasteiger partial charge on any atom is -0.406 e. The van der Waals surface area contributed by atoms with Gasteiger partial charge in [-0.05, 0) is 30.5 Å². The number of ether oxygens (including phenoxy) is 2. The summed E-state index contributed by atoms with van der Waals surface area (Å²) in [6.07, 6.45) is -3.57. The van der Waals surface area contributed by atoms with E-state index in [0.29, 0.717) is 26.1 Å². The van der Waals surface area contributed by atoms with E-state index < -0.39 is 11.8 Å². The highest BCUT2D eigenvalue weighted by molar-refractivity contribution is 5.29. The molecule has 1 fully saturated rings. The number of nitrogens with zero attached hydrogens (tertiary/aromatic N) is 1. The molecule has 0 N–H and O–H groups in total. The number of alkyl halides is 3. The molecule has 1 atom stereocenters. The Bertz CT molecular complexity index is 470. The second-order valence-electron chi connectivity index (χ2n) is 4.56. The fourth-order valence-corrected chi connectivity index (χ4v) is 2.07. The lowest BCUT2D eigenvalue weighted by Crippen LogP contribution is -2.21. The molecule has 0 bridgehead atoms. The van der Waals surface area contributed by atoms with Crippen LogP contribution in [-0.4, -0.2) is 19.6 Å². The van der Waals surface area contributed by atoms with Crippen molar-refractivity contribution in [2.24, 2.45) is 5.41 Å². The summed E-state index contributed by atoms with van der Waals surface area (Å²) in [5, 5.41) is 9.18. The molecule has 0 spiro atoms. The third-order valence-electron chi connectivity index (χ3n) is 3.04. The van der Waals surface area contributed by atoms with Crippen LogP contribution < -0.4 is 4.74 Å². The van der Waals surface area contributed by atoms with Gasteiger partial charge in [0.05, 0.1) is 18.1 Å². The molecule has 0 aliphatic carbocycles. The van der Waals surface area contributed by atoms with Crippen molar-refractivity contribution in [1.82, 2.24) is 0 Å².